The van der Waals surface area contributed by atoms with E-state index in [0.29, 0.717) is 13.1 Å². The maximum atomic E-state index is 12.3. The predicted octanol–water partition coefficient (Wildman–Crippen LogP) is 0.792. The second kappa shape index (κ2) is 5.04. The Labute approximate surface area is 102 Å². The van der Waals surface area contributed by atoms with Crippen LogP contribution in [-0.4, -0.2) is 58.5 Å². The molecule has 0 radical (unpaired) electrons. The molecule has 0 bridgehead atoms. The van der Waals surface area contributed by atoms with Crippen molar-refractivity contribution in [3.63, 3.8) is 0 Å². The SMILES string of the molecule is CCCN1C(=O)C(CC(=O)O)N(C)CC1(C)C. The van der Waals surface area contributed by atoms with Crippen LogP contribution in [0.25, 0.3) is 0 Å². The summed E-state index contributed by atoms with van der Waals surface area (Å²) in [6, 6.07) is -0.521. The molecule has 0 aromatic heterocycles. The Balaban J connectivity index is 2.90. The third-order valence-electron chi connectivity index (χ3n) is 3.27. The number of carbonyl (C=O) groups excluding carboxylic acids is 1. The lowest BCUT2D eigenvalue weighted by Crippen LogP contribution is -2.65. The first-order chi connectivity index (χ1) is 7.79. The van der Waals surface area contributed by atoms with Gasteiger partial charge in [-0.25, -0.2) is 0 Å². The summed E-state index contributed by atoms with van der Waals surface area (Å²) in [5.41, 5.74) is -0.225. The molecule has 0 saturated carbocycles. The van der Waals surface area contributed by atoms with Crippen molar-refractivity contribution in [2.45, 2.75) is 45.2 Å². The third-order valence-corrected chi connectivity index (χ3v) is 3.27. The van der Waals surface area contributed by atoms with E-state index in [1.165, 1.54) is 0 Å². The molecular formula is C12H22N2O3. The van der Waals surface area contributed by atoms with Crippen molar-refractivity contribution in [2.24, 2.45) is 0 Å². The number of hydrogen-bond donors (Lipinski definition) is 1. The number of amides is 1. The fourth-order valence-corrected chi connectivity index (χ4v) is 2.52. The highest BCUT2D eigenvalue weighted by Crippen LogP contribution is 2.26. The molecule has 0 aromatic carbocycles. The van der Waals surface area contributed by atoms with Crippen LogP contribution in [0.15, 0.2) is 0 Å². The van der Waals surface area contributed by atoms with Crippen LogP contribution in [0.1, 0.15) is 33.6 Å². The molecule has 5 nitrogen and oxygen atoms in total. The van der Waals surface area contributed by atoms with Gasteiger partial charge in [0.2, 0.25) is 5.91 Å². The van der Waals surface area contributed by atoms with Crippen LogP contribution >= 0.6 is 0 Å². The number of piperazine rings is 1. The number of aliphatic carboxylic acids is 1. The smallest absolute Gasteiger partial charge is 0.305 e. The van der Waals surface area contributed by atoms with Gasteiger partial charge in [-0.2, -0.15) is 0 Å². The van der Waals surface area contributed by atoms with Gasteiger partial charge in [0.25, 0.3) is 0 Å². The number of nitrogens with zero attached hydrogens (tertiary/aromatic N) is 2. The van der Waals surface area contributed by atoms with E-state index >= 15 is 0 Å². The van der Waals surface area contributed by atoms with E-state index in [-0.39, 0.29) is 17.9 Å². The van der Waals surface area contributed by atoms with Crippen LogP contribution in [0.5, 0.6) is 0 Å². The van der Waals surface area contributed by atoms with Gasteiger partial charge in [-0.1, -0.05) is 6.92 Å². The molecule has 1 amide bonds. The second-order valence-electron chi connectivity index (χ2n) is 5.33. The molecule has 1 atom stereocenters. The number of likely N-dealkylation sites (N-methyl/N-ethyl adjacent to an activating group) is 1. The highest BCUT2D eigenvalue weighted by atomic mass is 16.4. The first-order valence-electron chi connectivity index (χ1n) is 6.03. The van der Waals surface area contributed by atoms with E-state index in [1.807, 2.05) is 37.6 Å². The molecule has 5 heteroatoms. The Kier molecular flexibility index (Phi) is 4.14. The molecule has 1 rings (SSSR count). The van der Waals surface area contributed by atoms with Gasteiger partial charge in [-0.3, -0.25) is 14.5 Å². The van der Waals surface area contributed by atoms with Gasteiger partial charge in [-0.05, 0) is 27.3 Å². The van der Waals surface area contributed by atoms with Crippen molar-refractivity contribution in [2.75, 3.05) is 20.1 Å². The van der Waals surface area contributed by atoms with Crippen molar-refractivity contribution in [1.82, 2.24) is 9.80 Å². The van der Waals surface area contributed by atoms with Gasteiger partial charge >= 0.3 is 5.97 Å². The molecule has 0 aromatic rings. The third kappa shape index (κ3) is 2.97. The maximum Gasteiger partial charge on any atom is 0.305 e. The van der Waals surface area contributed by atoms with E-state index in [0.717, 1.165) is 6.42 Å². The highest BCUT2D eigenvalue weighted by molar-refractivity contribution is 5.87. The van der Waals surface area contributed by atoms with Gasteiger partial charge in [0, 0.05) is 18.6 Å². The van der Waals surface area contributed by atoms with Gasteiger partial charge in [0.1, 0.15) is 0 Å². The summed E-state index contributed by atoms with van der Waals surface area (Å²) in [7, 11) is 1.82. The minimum Gasteiger partial charge on any atom is -0.481 e. The Morgan fingerprint density at radius 3 is 2.59 bits per heavy atom. The highest BCUT2D eigenvalue weighted by Gasteiger charge is 2.43. The largest absolute Gasteiger partial charge is 0.481 e. The van der Waals surface area contributed by atoms with Gasteiger partial charge in [-0.15, -0.1) is 0 Å². The molecular weight excluding hydrogens is 220 g/mol. The molecule has 1 unspecified atom stereocenters. The monoisotopic (exact) mass is 242 g/mol. The summed E-state index contributed by atoms with van der Waals surface area (Å²) < 4.78 is 0. The summed E-state index contributed by atoms with van der Waals surface area (Å²) in [6.45, 7) is 7.46. The van der Waals surface area contributed by atoms with E-state index in [4.69, 9.17) is 5.11 Å². The number of carbonyl (C=O) groups is 2. The lowest BCUT2D eigenvalue weighted by molar-refractivity contribution is -0.155. The molecule has 1 heterocycles. The maximum absolute atomic E-state index is 12.3. The number of carboxylic acid groups (broad SMARTS) is 1. The molecule has 98 valence electrons. The minimum absolute atomic E-state index is 0.0620. The Hall–Kier alpha value is -1.10. The van der Waals surface area contributed by atoms with Crippen LogP contribution < -0.4 is 0 Å². The molecule has 0 aliphatic carbocycles. The summed E-state index contributed by atoms with van der Waals surface area (Å²) in [5, 5.41) is 8.85. The van der Waals surface area contributed by atoms with Crippen molar-refractivity contribution in [3.05, 3.63) is 0 Å². The quantitative estimate of drug-likeness (QED) is 0.792. The second-order valence-corrected chi connectivity index (χ2v) is 5.33. The molecule has 17 heavy (non-hydrogen) atoms. The fourth-order valence-electron chi connectivity index (χ4n) is 2.52. The van der Waals surface area contributed by atoms with Crippen molar-refractivity contribution in [3.8, 4) is 0 Å². The Morgan fingerprint density at radius 1 is 1.53 bits per heavy atom. The van der Waals surface area contributed by atoms with E-state index in [1.54, 1.807) is 0 Å². The standard InChI is InChI=1S/C12H22N2O3/c1-5-6-14-11(17)9(7-10(15)16)13(4)8-12(14,2)3/h9H,5-8H2,1-4H3,(H,15,16). The molecule has 1 N–H and O–H groups in total. The molecule has 1 saturated heterocycles. The van der Waals surface area contributed by atoms with Crippen molar-refractivity contribution >= 4 is 11.9 Å². The number of carboxylic acids is 1. The van der Waals surface area contributed by atoms with Crippen LogP contribution in [0.2, 0.25) is 0 Å². The average Bonchev–Trinajstić information content (AvgIpc) is 2.18. The summed E-state index contributed by atoms with van der Waals surface area (Å²) >= 11 is 0. The van der Waals surface area contributed by atoms with Crippen LogP contribution in [0, 0.1) is 0 Å². The molecule has 1 aliphatic rings. The first-order valence-corrected chi connectivity index (χ1v) is 6.03. The number of rotatable bonds is 4. The molecule has 1 fully saturated rings. The Morgan fingerprint density at radius 2 is 2.12 bits per heavy atom. The zero-order valence-corrected chi connectivity index (χ0v) is 11.1. The predicted molar refractivity (Wildman–Crippen MR) is 64.8 cm³/mol. The van der Waals surface area contributed by atoms with Gasteiger partial charge in [0.05, 0.1) is 12.5 Å². The normalized spacial score (nSPS) is 25.1. The summed E-state index contributed by atoms with van der Waals surface area (Å²) in [5.74, 6) is -0.987. The minimum atomic E-state index is -0.925. The van der Waals surface area contributed by atoms with Gasteiger partial charge in [0.15, 0.2) is 0 Å². The van der Waals surface area contributed by atoms with Crippen molar-refractivity contribution < 1.29 is 14.7 Å². The lowest BCUT2D eigenvalue weighted by Gasteiger charge is -2.49. The van der Waals surface area contributed by atoms with E-state index in [2.05, 4.69) is 0 Å². The lowest BCUT2D eigenvalue weighted by atomic mass is 9.94. The van der Waals surface area contributed by atoms with Crippen LogP contribution in [0.4, 0.5) is 0 Å². The topological polar surface area (TPSA) is 60.9 Å². The molecule has 1 aliphatic heterocycles. The van der Waals surface area contributed by atoms with Gasteiger partial charge < -0.3 is 10.0 Å². The first kappa shape index (κ1) is 14.0. The number of hydrogen-bond acceptors (Lipinski definition) is 3. The Bertz CT molecular complexity index is 315. The summed E-state index contributed by atoms with van der Waals surface area (Å²) in [6.07, 6.45) is 0.768. The zero-order valence-electron chi connectivity index (χ0n) is 11.1. The van der Waals surface area contributed by atoms with E-state index in [9.17, 15) is 9.59 Å². The van der Waals surface area contributed by atoms with Crippen LogP contribution in [0.3, 0.4) is 0 Å². The van der Waals surface area contributed by atoms with Crippen LogP contribution in [-0.2, 0) is 9.59 Å². The van der Waals surface area contributed by atoms with Crippen molar-refractivity contribution in [1.29, 1.82) is 0 Å². The average molecular weight is 242 g/mol. The fraction of sp³-hybridized carbons (Fsp3) is 0.833. The zero-order chi connectivity index (χ0) is 13.2. The summed E-state index contributed by atoms with van der Waals surface area (Å²) in [4.78, 5) is 26.8. The van der Waals surface area contributed by atoms with E-state index < -0.39 is 12.0 Å². The molecule has 0 spiro atoms.